The SMILES string of the molecule is CC(C)(C)OC(=O)Nc1ccc2c3c(cccc13)C(=O)C2(C)C. The van der Waals surface area contributed by atoms with Crippen LogP contribution in [0, 0.1) is 0 Å². The summed E-state index contributed by atoms with van der Waals surface area (Å²) in [6.07, 6.45) is -0.498. The molecule has 0 aromatic heterocycles. The molecule has 1 amide bonds. The lowest BCUT2D eigenvalue weighted by Crippen LogP contribution is -2.27. The Bertz CT molecular complexity index is 828. The normalized spacial score (nSPS) is 15.8. The summed E-state index contributed by atoms with van der Waals surface area (Å²) in [5, 5.41) is 4.59. The van der Waals surface area contributed by atoms with Gasteiger partial charge in [-0.05, 0) is 51.6 Å². The van der Waals surface area contributed by atoms with Gasteiger partial charge >= 0.3 is 6.09 Å². The number of anilines is 1. The lowest BCUT2D eigenvalue weighted by molar-refractivity contribution is 0.0636. The summed E-state index contributed by atoms with van der Waals surface area (Å²) in [6.45, 7) is 9.33. The number of ether oxygens (including phenoxy) is 1. The standard InChI is InChI=1S/C19H21NO3/c1-18(2,3)23-17(22)20-14-10-9-13-15-11(14)7-6-8-12(15)16(21)19(13,4)5/h6-10H,1-5H3,(H,20,22). The molecule has 0 bridgehead atoms. The maximum absolute atomic E-state index is 12.6. The van der Waals surface area contributed by atoms with Crippen molar-refractivity contribution in [3.8, 4) is 0 Å². The fourth-order valence-electron chi connectivity index (χ4n) is 3.10. The summed E-state index contributed by atoms with van der Waals surface area (Å²) < 4.78 is 5.31. The van der Waals surface area contributed by atoms with Gasteiger partial charge in [-0.3, -0.25) is 10.1 Å². The van der Waals surface area contributed by atoms with E-state index in [-0.39, 0.29) is 5.78 Å². The maximum Gasteiger partial charge on any atom is 0.412 e. The zero-order chi connectivity index (χ0) is 17.0. The van der Waals surface area contributed by atoms with Crippen LogP contribution in [0.3, 0.4) is 0 Å². The highest BCUT2D eigenvalue weighted by molar-refractivity contribution is 6.22. The Kier molecular flexibility index (Phi) is 3.25. The van der Waals surface area contributed by atoms with E-state index in [4.69, 9.17) is 4.74 Å². The van der Waals surface area contributed by atoms with E-state index in [9.17, 15) is 9.59 Å². The average molecular weight is 311 g/mol. The fourth-order valence-corrected chi connectivity index (χ4v) is 3.10. The van der Waals surface area contributed by atoms with Gasteiger partial charge in [0.1, 0.15) is 5.60 Å². The third kappa shape index (κ3) is 2.48. The van der Waals surface area contributed by atoms with E-state index in [2.05, 4.69) is 5.32 Å². The lowest BCUT2D eigenvalue weighted by atomic mass is 9.84. The molecule has 4 nitrogen and oxygen atoms in total. The van der Waals surface area contributed by atoms with Gasteiger partial charge in [0.15, 0.2) is 5.78 Å². The van der Waals surface area contributed by atoms with Crippen molar-refractivity contribution in [3.05, 3.63) is 41.5 Å². The van der Waals surface area contributed by atoms with E-state index in [0.717, 1.165) is 21.9 Å². The first-order valence-corrected chi connectivity index (χ1v) is 7.72. The zero-order valence-electron chi connectivity index (χ0n) is 14.1. The van der Waals surface area contributed by atoms with Gasteiger partial charge in [-0.25, -0.2) is 4.79 Å². The van der Waals surface area contributed by atoms with Crippen molar-refractivity contribution in [1.82, 2.24) is 0 Å². The van der Waals surface area contributed by atoms with Crippen LogP contribution in [0.1, 0.15) is 50.5 Å². The molecule has 23 heavy (non-hydrogen) atoms. The number of carbonyl (C=O) groups excluding carboxylic acids is 2. The molecule has 1 aliphatic rings. The first-order valence-electron chi connectivity index (χ1n) is 7.72. The van der Waals surface area contributed by atoms with Crippen molar-refractivity contribution in [2.75, 3.05) is 5.32 Å². The van der Waals surface area contributed by atoms with Crippen LogP contribution in [0.5, 0.6) is 0 Å². The number of hydrogen-bond acceptors (Lipinski definition) is 3. The number of nitrogens with one attached hydrogen (secondary N) is 1. The minimum atomic E-state index is -0.559. The van der Waals surface area contributed by atoms with Crippen LogP contribution in [0.2, 0.25) is 0 Å². The quantitative estimate of drug-likeness (QED) is 0.833. The molecule has 0 fully saturated rings. The number of hydrogen-bond donors (Lipinski definition) is 1. The molecule has 0 atom stereocenters. The Hall–Kier alpha value is -2.36. The number of carbonyl (C=O) groups is 2. The first kappa shape index (κ1) is 15.5. The van der Waals surface area contributed by atoms with E-state index in [1.54, 1.807) is 0 Å². The lowest BCUT2D eigenvalue weighted by Gasteiger charge is -2.21. The molecule has 0 heterocycles. The Morgan fingerprint density at radius 2 is 1.83 bits per heavy atom. The molecule has 120 valence electrons. The molecule has 3 rings (SSSR count). The van der Waals surface area contributed by atoms with Crippen LogP contribution in [-0.4, -0.2) is 17.5 Å². The van der Waals surface area contributed by atoms with Gasteiger partial charge in [-0.2, -0.15) is 0 Å². The van der Waals surface area contributed by atoms with Crippen molar-refractivity contribution in [3.63, 3.8) is 0 Å². The molecule has 0 aliphatic heterocycles. The number of benzene rings is 2. The zero-order valence-corrected chi connectivity index (χ0v) is 14.1. The molecule has 0 saturated heterocycles. The van der Waals surface area contributed by atoms with Gasteiger partial charge in [0.2, 0.25) is 0 Å². The second-order valence-electron chi connectivity index (χ2n) is 7.47. The Morgan fingerprint density at radius 3 is 2.48 bits per heavy atom. The molecular formula is C19H21NO3. The Morgan fingerprint density at radius 1 is 1.13 bits per heavy atom. The van der Waals surface area contributed by atoms with Crippen molar-refractivity contribution >= 4 is 28.3 Å². The largest absolute Gasteiger partial charge is 0.444 e. The minimum Gasteiger partial charge on any atom is -0.444 e. The van der Waals surface area contributed by atoms with E-state index < -0.39 is 17.1 Å². The fraction of sp³-hybridized carbons (Fsp3) is 0.368. The van der Waals surface area contributed by atoms with Crippen molar-refractivity contribution in [2.24, 2.45) is 0 Å². The number of Topliss-reactive ketones (excluding diaryl/α,β-unsaturated/α-hetero) is 1. The van der Waals surface area contributed by atoms with Crippen LogP contribution in [0.25, 0.3) is 10.8 Å². The van der Waals surface area contributed by atoms with Crippen molar-refractivity contribution < 1.29 is 14.3 Å². The smallest absolute Gasteiger partial charge is 0.412 e. The summed E-state index contributed by atoms with van der Waals surface area (Å²) in [4.78, 5) is 24.7. The number of rotatable bonds is 1. The van der Waals surface area contributed by atoms with Crippen LogP contribution in [-0.2, 0) is 10.2 Å². The topological polar surface area (TPSA) is 55.4 Å². The van der Waals surface area contributed by atoms with Crippen LogP contribution in [0.15, 0.2) is 30.3 Å². The molecule has 1 N–H and O–H groups in total. The third-order valence-corrected chi connectivity index (χ3v) is 4.16. The van der Waals surface area contributed by atoms with Crippen LogP contribution >= 0.6 is 0 Å². The maximum atomic E-state index is 12.6. The van der Waals surface area contributed by atoms with Crippen LogP contribution < -0.4 is 5.32 Å². The van der Waals surface area contributed by atoms with E-state index in [0.29, 0.717) is 5.69 Å². The second-order valence-corrected chi connectivity index (χ2v) is 7.47. The molecule has 0 spiro atoms. The van der Waals surface area contributed by atoms with Gasteiger partial charge in [0, 0.05) is 10.9 Å². The Labute approximate surface area is 135 Å². The van der Waals surface area contributed by atoms with Crippen molar-refractivity contribution in [2.45, 2.75) is 45.6 Å². The van der Waals surface area contributed by atoms with Crippen LogP contribution in [0.4, 0.5) is 10.5 Å². The molecule has 0 radical (unpaired) electrons. The molecular weight excluding hydrogens is 290 g/mol. The third-order valence-electron chi connectivity index (χ3n) is 4.16. The van der Waals surface area contributed by atoms with Gasteiger partial charge < -0.3 is 4.74 Å². The summed E-state index contributed by atoms with van der Waals surface area (Å²) >= 11 is 0. The van der Waals surface area contributed by atoms with E-state index in [1.807, 2.05) is 65.0 Å². The summed E-state index contributed by atoms with van der Waals surface area (Å²) in [5.41, 5.74) is 1.28. The van der Waals surface area contributed by atoms with E-state index in [1.165, 1.54) is 0 Å². The number of amides is 1. The van der Waals surface area contributed by atoms with Gasteiger partial charge in [0.05, 0.1) is 11.1 Å². The molecule has 4 heteroatoms. The molecule has 0 unspecified atom stereocenters. The second kappa shape index (κ2) is 4.82. The summed E-state index contributed by atoms with van der Waals surface area (Å²) in [5.74, 6) is 0.118. The predicted molar refractivity (Wildman–Crippen MR) is 91.2 cm³/mol. The van der Waals surface area contributed by atoms with Gasteiger partial charge in [0.25, 0.3) is 0 Å². The highest BCUT2D eigenvalue weighted by Crippen LogP contribution is 2.44. The first-order chi connectivity index (χ1) is 10.6. The predicted octanol–water partition coefficient (Wildman–Crippen LogP) is 4.66. The summed E-state index contributed by atoms with van der Waals surface area (Å²) in [7, 11) is 0. The van der Waals surface area contributed by atoms with Gasteiger partial charge in [-0.1, -0.05) is 24.3 Å². The monoisotopic (exact) mass is 311 g/mol. The molecule has 0 saturated carbocycles. The van der Waals surface area contributed by atoms with Crippen molar-refractivity contribution in [1.29, 1.82) is 0 Å². The molecule has 2 aromatic rings. The Balaban J connectivity index is 2.08. The molecule has 1 aliphatic carbocycles. The number of ketones is 1. The highest BCUT2D eigenvalue weighted by Gasteiger charge is 2.39. The highest BCUT2D eigenvalue weighted by atomic mass is 16.6. The minimum absolute atomic E-state index is 0.118. The average Bonchev–Trinajstić information content (AvgIpc) is 2.62. The van der Waals surface area contributed by atoms with E-state index >= 15 is 0 Å². The molecule has 2 aromatic carbocycles. The summed E-state index contributed by atoms with van der Waals surface area (Å²) in [6, 6.07) is 9.38. The van der Waals surface area contributed by atoms with Gasteiger partial charge in [-0.15, -0.1) is 0 Å².